The molecule has 0 saturated carbocycles. The fourth-order valence-electron chi connectivity index (χ4n) is 1.21. The van der Waals surface area contributed by atoms with Gasteiger partial charge >= 0.3 is 0 Å². The molecule has 0 atom stereocenters. The number of hydrogen-bond acceptors (Lipinski definition) is 3. The van der Waals surface area contributed by atoms with E-state index in [2.05, 4.69) is 0 Å². The van der Waals surface area contributed by atoms with Crippen molar-refractivity contribution in [2.75, 3.05) is 0 Å². The summed E-state index contributed by atoms with van der Waals surface area (Å²) in [7, 11) is 0. The minimum Gasteiger partial charge on any atom is -0.258 e. The highest BCUT2D eigenvalue weighted by molar-refractivity contribution is 5.42. The van der Waals surface area contributed by atoms with E-state index in [0.717, 1.165) is 5.56 Å². The first kappa shape index (κ1) is 10.2. The Balaban J connectivity index is 2.96. The lowest BCUT2D eigenvalue weighted by Gasteiger charge is -2.00. The van der Waals surface area contributed by atoms with Gasteiger partial charge in [-0.05, 0) is 18.9 Å². The van der Waals surface area contributed by atoms with Crippen LogP contribution in [0.25, 0.3) is 0 Å². The zero-order valence-electron chi connectivity index (χ0n) is 7.86. The van der Waals surface area contributed by atoms with Crippen LogP contribution in [0, 0.1) is 28.4 Å². The van der Waals surface area contributed by atoms with Crippen molar-refractivity contribution in [3.05, 3.63) is 39.4 Å². The minimum atomic E-state index is -0.398. The normalized spacial score (nSPS) is 9.43. The quantitative estimate of drug-likeness (QED) is 0.542. The fraction of sp³-hybridized carbons (Fsp3) is 0.300. The number of aryl methyl sites for hydroxylation is 2. The van der Waals surface area contributed by atoms with E-state index in [1.165, 1.54) is 6.07 Å². The molecule has 0 spiro atoms. The van der Waals surface area contributed by atoms with Crippen LogP contribution >= 0.6 is 0 Å². The van der Waals surface area contributed by atoms with Crippen LogP contribution in [0.15, 0.2) is 18.2 Å². The molecule has 4 heteroatoms. The van der Waals surface area contributed by atoms with Gasteiger partial charge in [-0.3, -0.25) is 10.1 Å². The van der Waals surface area contributed by atoms with Gasteiger partial charge in [-0.2, -0.15) is 5.26 Å². The topological polar surface area (TPSA) is 66.9 Å². The Kier molecular flexibility index (Phi) is 3.19. The highest BCUT2D eigenvalue weighted by atomic mass is 16.6. The van der Waals surface area contributed by atoms with Crippen molar-refractivity contribution < 1.29 is 4.92 Å². The summed E-state index contributed by atoms with van der Waals surface area (Å²) in [6, 6.07) is 7.08. The first-order valence-electron chi connectivity index (χ1n) is 4.26. The summed E-state index contributed by atoms with van der Waals surface area (Å²) in [5, 5.41) is 19.0. The van der Waals surface area contributed by atoms with E-state index in [4.69, 9.17) is 5.26 Å². The molecule has 1 aromatic rings. The van der Waals surface area contributed by atoms with Crippen molar-refractivity contribution in [3.63, 3.8) is 0 Å². The molecule has 14 heavy (non-hydrogen) atoms. The maximum atomic E-state index is 10.6. The molecular formula is C10H10N2O2. The lowest BCUT2D eigenvalue weighted by atomic mass is 10.1. The summed E-state index contributed by atoms with van der Waals surface area (Å²) in [6.07, 6.45) is 0.956. The number of benzene rings is 1. The third kappa shape index (κ3) is 2.30. The molecule has 0 aliphatic heterocycles. The average molecular weight is 190 g/mol. The molecule has 1 aromatic carbocycles. The molecule has 72 valence electrons. The smallest absolute Gasteiger partial charge is 0.258 e. The predicted molar refractivity (Wildman–Crippen MR) is 51.8 cm³/mol. The van der Waals surface area contributed by atoms with Crippen LogP contribution in [0.4, 0.5) is 5.69 Å². The molecule has 0 amide bonds. The van der Waals surface area contributed by atoms with Gasteiger partial charge in [-0.15, -0.1) is 0 Å². The van der Waals surface area contributed by atoms with Gasteiger partial charge in [0.15, 0.2) is 0 Å². The van der Waals surface area contributed by atoms with E-state index >= 15 is 0 Å². The Morgan fingerprint density at radius 1 is 1.57 bits per heavy atom. The van der Waals surface area contributed by atoms with E-state index in [-0.39, 0.29) is 5.69 Å². The Bertz CT molecular complexity index is 394. The van der Waals surface area contributed by atoms with Crippen molar-refractivity contribution >= 4 is 5.69 Å². The summed E-state index contributed by atoms with van der Waals surface area (Å²) in [5.74, 6) is 0. The van der Waals surface area contributed by atoms with Crippen LogP contribution in [-0.2, 0) is 6.42 Å². The van der Waals surface area contributed by atoms with E-state index in [1.54, 1.807) is 13.0 Å². The Hall–Kier alpha value is -1.89. The second kappa shape index (κ2) is 4.38. The van der Waals surface area contributed by atoms with Crippen LogP contribution in [0.5, 0.6) is 0 Å². The highest BCUT2D eigenvalue weighted by Crippen LogP contribution is 2.19. The molecule has 0 heterocycles. The van der Waals surface area contributed by atoms with Crippen molar-refractivity contribution in [2.24, 2.45) is 0 Å². The molecule has 1 rings (SSSR count). The summed E-state index contributed by atoms with van der Waals surface area (Å²) in [4.78, 5) is 10.2. The number of rotatable bonds is 3. The molecule has 0 aromatic heterocycles. The summed E-state index contributed by atoms with van der Waals surface area (Å²) in [6.45, 7) is 1.70. The van der Waals surface area contributed by atoms with E-state index in [9.17, 15) is 10.1 Å². The highest BCUT2D eigenvalue weighted by Gasteiger charge is 2.10. The largest absolute Gasteiger partial charge is 0.272 e. The third-order valence-electron chi connectivity index (χ3n) is 2.00. The first-order chi connectivity index (χ1) is 6.65. The SMILES string of the molecule is Cc1ccc(CCC#N)cc1[N+](=O)[O-]. The molecular weight excluding hydrogens is 180 g/mol. The summed E-state index contributed by atoms with van der Waals surface area (Å²) in [5.41, 5.74) is 1.61. The molecule has 0 aliphatic rings. The summed E-state index contributed by atoms with van der Waals surface area (Å²) >= 11 is 0. The van der Waals surface area contributed by atoms with Crippen molar-refractivity contribution in [1.82, 2.24) is 0 Å². The molecule has 0 radical (unpaired) electrons. The van der Waals surface area contributed by atoms with Crippen LogP contribution in [-0.4, -0.2) is 4.92 Å². The van der Waals surface area contributed by atoms with E-state index in [1.807, 2.05) is 12.1 Å². The molecule has 0 N–H and O–H groups in total. The van der Waals surface area contributed by atoms with Gasteiger partial charge in [-0.1, -0.05) is 12.1 Å². The fourth-order valence-corrected chi connectivity index (χ4v) is 1.21. The molecule has 4 nitrogen and oxygen atoms in total. The van der Waals surface area contributed by atoms with Crippen LogP contribution in [0.3, 0.4) is 0 Å². The Morgan fingerprint density at radius 2 is 2.29 bits per heavy atom. The Morgan fingerprint density at radius 3 is 2.86 bits per heavy atom. The molecule has 0 fully saturated rings. The lowest BCUT2D eigenvalue weighted by Crippen LogP contribution is -1.93. The molecule has 0 unspecified atom stereocenters. The Labute approximate surface area is 81.9 Å². The maximum absolute atomic E-state index is 10.6. The van der Waals surface area contributed by atoms with Gasteiger partial charge in [0.05, 0.1) is 11.0 Å². The number of nitro groups is 1. The van der Waals surface area contributed by atoms with Crippen LogP contribution in [0.1, 0.15) is 17.5 Å². The zero-order valence-corrected chi connectivity index (χ0v) is 7.86. The van der Waals surface area contributed by atoms with Gasteiger partial charge in [-0.25, -0.2) is 0 Å². The van der Waals surface area contributed by atoms with Crippen LogP contribution < -0.4 is 0 Å². The first-order valence-corrected chi connectivity index (χ1v) is 4.26. The van der Waals surface area contributed by atoms with Gasteiger partial charge in [0.1, 0.15) is 0 Å². The monoisotopic (exact) mass is 190 g/mol. The predicted octanol–water partition coefficient (Wildman–Crippen LogP) is 2.36. The second-order valence-electron chi connectivity index (χ2n) is 3.04. The van der Waals surface area contributed by atoms with Gasteiger partial charge < -0.3 is 0 Å². The van der Waals surface area contributed by atoms with Gasteiger partial charge in [0.2, 0.25) is 0 Å². The minimum absolute atomic E-state index is 0.125. The number of nitrogens with zero attached hydrogens (tertiary/aromatic N) is 2. The summed E-state index contributed by atoms with van der Waals surface area (Å²) < 4.78 is 0. The van der Waals surface area contributed by atoms with E-state index < -0.39 is 4.92 Å². The maximum Gasteiger partial charge on any atom is 0.272 e. The number of nitro benzene ring substituents is 1. The molecule has 0 bridgehead atoms. The van der Waals surface area contributed by atoms with Crippen molar-refractivity contribution in [1.29, 1.82) is 5.26 Å². The van der Waals surface area contributed by atoms with Crippen molar-refractivity contribution in [2.45, 2.75) is 19.8 Å². The molecule has 0 saturated heterocycles. The molecule has 0 aliphatic carbocycles. The standard InChI is InChI=1S/C10H10N2O2/c1-8-4-5-9(3-2-6-11)7-10(8)12(13)14/h4-5,7H,2-3H2,1H3. The number of hydrogen-bond donors (Lipinski definition) is 0. The van der Waals surface area contributed by atoms with E-state index in [0.29, 0.717) is 18.4 Å². The van der Waals surface area contributed by atoms with Gasteiger partial charge in [0.25, 0.3) is 5.69 Å². The number of nitriles is 1. The second-order valence-corrected chi connectivity index (χ2v) is 3.04. The lowest BCUT2D eigenvalue weighted by molar-refractivity contribution is -0.385. The van der Waals surface area contributed by atoms with Crippen molar-refractivity contribution in [3.8, 4) is 6.07 Å². The van der Waals surface area contributed by atoms with Gasteiger partial charge in [0, 0.05) is 18.1 Å². The zero-order chi connectivity index (χ0) is 10.6. The van der Waals surface area contributed by atoms with Crippen LogP contribution in [0.2, 0.25) is 0 Å². The third-order valence-corrected chi connectivity index (χ3v) is 2.00. The average Bonchev–Trinajstić information content (AvgIpc) is 2.16.